The summed E-state index contributed by atoms with van der Waals surface area (Å²) in [5, 5.41) is 28.8. The van der Waals surface area contributed by atoms with Gasteiger partial charge in [0.1, 0.15) is 17.3 Å². The van der Waals surface area contributed by atoms with Crippen LogP contribution in [0.15, 0.2) is 66.7 Å². The van der Waals surface area contributed by atoms with Crippen LogP contribution in [0.3, 0.4) is 0 Å². The van der Waals surface area contributed by atoms with E-state index in [1.165, 1.54) is 60.7 Å². The van der Waals surface area contributed by atoms with Crippen LogP contribution < -0.4 is 0 Å². The van der Waals surface area contributed by atoms with Crippen LogP contribution in [-0.4, -0.2) is 57.4 Å². The molecule has 3 atom stereocenters. The number of aromatic hydroxyl groups is 2. The minimum absolute atomic E-state index is 0.0133. The molecule has 3 N–H and O–H groups in total. The number of aliphatic carboxylic acids is 1. The summed E-state index contributed by atoms with van der Waals surface area (Å²) in [5.41, 5.74) is 1.43. The SMILES string of the molecule is Cc1c(F)cccc1C1[C@@H](C(=O)c2ccc(O)cc2)CN(CC(=O)O)C[C@H]1C(=O)c1ccc(O)cc1. The maximum absolute atomic E-state index is 14.7. The number of nitrogens with zero attached hydrogens (tertiary/aromatic N) is 1. The predicted molar refractivity (Wildman–Crippen MR) is 130 cm³/mol. The fourth-order valence-electron chi connectivity index (χ4n) is 5.05. The maximum atomic E-state index is 14.7. The molecule has 4 rings (SSSR count). The lowest BCUT2D eigenvalue weighted by molar-refractivity contribution is -0.139. The standard InChI is InChI=1S/C28H26FNO6/c1-16-21(3-2-4-24(16)29)26-22(27(35)17-5-9-19(31)10-6-17)13-30(15-25(33)34)14-23(26)28(36)18-7-11-20(32)12-8-18/h2-12,22-23,26,31-32H,13-15H2,1H3,(H,33,34)/t22-,23+,26?. The minimum Gasteiger partial charge on any atom is -0.508 e. The molecule has 0 radical (unpaired) electrons. The highest BCUT2D eigenvalue weighted by atomic mass is 19.1. The number of carbonyl (C=O) groups is 3. The lowest BCUT2D eigenvalue weighted by Crippen LogP contribution is -2.51. The van der Waals surface area contributed by atoms with Crippen LogP contribution in [0.4, 0.5) is 4.39 Å². The average Bonchev–Trinajstić information content (AvgIpc) is 2.85. The second-order valence-corrected chi connectivity index (χ2v) is 9.10. The lowest BCUT2D eigenvalue weighted by atomic mass is 9.68. The zero-order valence-corrected chi connectivity index (χ0v) is 19.6. The second kappa shape index (κ2) is 10.3. The van der Waals surface area contributed by atoms with Crippen LogP contribution >= 0.6 is 0 Å². The number of carboxylic acid groups (broad SMARTS) is 1. The zero-order chi connectivity index (χ0) is 26.0. The maximum Gasteiger partial charge on any atom is 0.317 e. The fraction of sp³-hybridized carbons (Fsp3) is 0.250. The van der Waals surface area contributed by atoms with Crippen molar-refractivity contribution in [3.63, 3.8) is 0 Å². The van der Waals surface area contributed by atoms with Gasteiger partial charge in [0.2, 0.25) is 0 Å². The van der Waals surface area contributed by atoms with Gasteiger partial charge < -0.3 is 15.3 Å². The molecule has 186 valence electrons. The molecule has 0 spiro atoms. The van der Waals surface area contributed by atoms with Gasteiger partial charge in [-0.1, -0.05) is 12.1 Å². The molecule has 1 aliphatic rings. The number of halogens is 1. The van der Waals surface area contributed by atoms with Crippen molar-refractivity contribution in [2.75, 3.05) is 19.6 Å². The third-order valence-electron chi connectivity index (χ3n) is 6.78. The minimum atomic E-state index is -1.10. The Morgan fingerprint density at radius 3 is 1.75 bits per heavy atom. The van der Waals surface area contributed by atoms with Crippen LogP contribution in [0, 0.1) is 24.6 Å². The van der Waals surface area contributed by atoms with Crippen molar-refractivity contribution in [2.24, 2.45) is 11.8 Å². The van der Waals surface area contributed by atoms with Crippen LogP contribution in [-0.2, 0) is 4.79 Å². The molecule has 1 heterocycles. The van der Waals surface area contributed by atoms with Gasteiger partial charge in [-0.05, 0) is 72.6 Å². The second-order valence-electron chi connectivity index (χ2n) is 9.10. The van der Waals surface area contributed by atoms with Crippen molar-refractivity contribution < 1.29 is 34.1 Å². The van der Waals surface area contributed by atoms with Gasteiger partial charge in [-0.2, -0.15) is 0 Å². The number of piperidine rings is 1. The first-order valence-corrected chi connectivity index (χ1v) is 11.5. The van der Waals surface area contributed by atoms with Crippen molar-refractivity contribution in [1.29, 1.82) is 0 Å². The normalized spacial score (nSPS) is 20.1. The highest BCUT2D eigenvalue weighted by molar-refractivity contribution is 6.02. The predicted octanol–water partition coefficient (Wildman–Crippen LogP) is 4.03. The van der Waals surface area contributed by atoms with E-state index < -0.39 is 29.5 Å². The van der Waals surface area contributed by atoms with E-state index >= 15 is 0 Å². The Morgan fingerprint density at radius 1 is 0.833 bits per heavy atom. The first-order chi connectivity index (χ1) is 17.2. The summed E-state index contributed by atoms with van der Waals surface area (Å²) in [6, 6.07) is 16.0. The summed E-state index contributed by atoms with van der Waals surface area (Å²) in [6.07, 6.45) is 0. The molecule has 1 saturated heterocycles. The molecule has 1 aliphatic heterocycles. The summed E-state index contributed by atoms with van der Waals surface area (Å²) in [6.45, 7) is 1.35. The number of hydrogen-bond donors (Lipinski definition) is 3. The van der Waals surface area contributed by atoms with Crippen LogP contribution in [0.5, 0.6) is 11.5 Å². The van der Waals surface area contributed by atoms with Gasteiger partial charge in [-0.15, -0.1) is 0 Å². The van der Waals surface area contributed by atoms with Gasteiger partial charge in [-0.25, -0.2) is 4.39 Å². The molecular formula is C28H26FNO6. The molecule has 8 heteroatoms. The van der Waals surface area contributed by atoms with E-state index in [2.05, 4.69) is 0 Å². The highest BCUT2D eigenvalue weighted by Gasteiger charge is 2.45. The van der Waals surface area contributed by atoms with Gasteiger partial charge in [0.25, 0.3) is 0 Å². The van der Waals surface area contributed by atoms with E-state index in [4.69, 9.17) is 0 Å². The number of ketones is 2. The van der Waals surface area contributed by atoms with E-state index in [-0.39, 0.29) is 42.7 Å². The van der Waals surface area contributed by atoms with E-state index in [1.807, 2.05) is 0 Å². The molecule has 3 aromatic carbocycles. The Morgan fingerprint density at radius 2 is 1.31 bits per heavy atom. The Hall–Kier alpha value is -4.04. The summed E-state index contributed by atoms with van der Waals surface area (Å²) in [7, 11) is 0. The number of phenols is 2. The number of carboxylic acids is 1. The third kappa shape index (κ3) is 5.13. The molecule has 0 saturated carbocycles. The molecule has 0 aromatic heterocycles. The van der Waals surface area contributed by atoms with E-state index in [1.54, 1.807) is 17.9 Å². The number of hydrogen-bond acceptors (Lipinski definition) is 6. The molecule has 1 unspecified atom stereocenters. The van der Waals surface area contributed by atoms with E-state index in [9.17, 15) is 34.1 Å². The Kier molecular flexibility index (Phi) is 7.17. The summed E-state index contributed by atoms with van der Waals surface area (Å²) in [5.74, 6) is -4.68. The molecule has 0 amide bonds. The number of Topliss-reactive ketones (excluding diaryl/α,β-unsaturated/α-hetero) is 2. The number of rotatable bonds is 7. The van der Waals surface area contributed by atoms with Gasteiger partial charge in [0.15, 0.2) is 11.6 Å². The molecule has 1 fully saturated rings. The first kappa shape index (κ1) is 25.1. The molecule has 0 bridgehead atoms. The lowest BCUT2D eigenvalue weighted by Gasteiger charge is -2.43. The molecule has 0 aliphatic carbocycles. The summed E-state index contributed by atoms with van der Waals surface area (Å²) >= 11 is 0. The topological polar surface area (TPSA) is 115 Å². The first-order valence-electron chi connectivity index (χ1n) is 11.5. The molecular weight excluding hydrogens is 465 g/mol. The fourth-order valence-corrected chi connectivity index (χ4v) is 5.05. The van der Waals surface area contributed by atoms with Crippen molar-refractivity contribution in [3.8, 4) is 11.5 Å². The molecule has 7 nitrogen and oxygen atoms in total. The Bertz CT molecular complexity index is 1220. The van der Waals surface area contributed by atoms with Crippen LogP contribution in [0.25, 0.3) is 0 Å². The summed E-state index contributed by atoms with van der Waals surface area (Å²) in [4.78, 5) is 40.7. The number of benzene rings is 3. The summed E-state index contributed by atoms with van der Waals surface area (Å²) < 4.78 is 14.7. The quantitative estimate of drug-likeness (QED) is 0.428. The smallest absolute Gasteiger partial charge is 0.317 e. The number of likely N-dealkylation sites (tertiary alicyclic amines) is 1. The highest BCUT2D eigenvalue weighted by Crippen LogP contribution is 2.42. The molecule has 36 heavy (non-hydrogen) atoms. The van der Waals surface area contributed by atoms with Gasteiger partial charge in [-0.3, -0.25) is 19.3 Å². The largest absolute Gasteiger partial charge is 0.508 e. The monoisotopic (exact) mass is 491 g/mol. The molecule has 3 aromatic rings. The third-order valence-corrected chi connectivity index (χ3v) is 6.78. The Balaban J connectivity index is 1.86. The van der Waals surface area contributed by atoms with Crippen molar-refractivity contribution in [3.05, 3.63) is 94.8 Å². The average molecular weight is 492 g/mol. The van der Waals surface area contributed by atoms with Crippen molar-refractivity contribution in [2.45, 2.75) is 12.8 Å². The van der Waals surface area contributed by atoms with E-state index in [0.717, 1.165) is 0 Å². The zero-order valence-electron chi connectivity index (χ0n) is 19.6. The van der Waals surface area contributed by atoms with Gasteiger partial charge >= 0.3 is 5.97 Å². The van der Waals surface area contributed by atoms with Crippen LogP contribution in [0.2, 0.25) is 0 Å². The number of carbonyl (C=O) groups excluding carboxylic acids is 2. The van der Waals surface area contributed by atoms with Crippen LogP contribution in [0.1, 0.15) is 37.8 Å². The van der Waals surface area contributed by atoms with Crippen molar-refractivity contribution in [1.82, 2.24) is 4.90 Å². The van der Waals surface area contributed by atoms with E-state index in [0.29, 0.717) is 22.3 Å². The van der Waals surface area contributed by atoms with Gasteiger partial charge in [0, 0.05) is 42.0 Å². The van der Waals surface area contributed by atoms with Crippen molar-refractivity contribution >= 4 is 17.5 Å². The Labute approximate surface area is 207 Å². The van der Waals surface area contributed by atoms with Gasteiger partial charge in [0.05, 0.1) is 6.54 Å². The number of phenolic OH excluding ortho intramolecular Hbond substituents is 2.